The van der Waals surface area contributed by atoms with Crippen molar-refractivity contribution in [2.45, 2.75) is 56.1 Å². The summed E-state index contributed by atoms with van der Waals surface area (Å²) in [5, 5.41) is 7.55. The van der Waals surface area contributed by atoms with E-state index < -0.39 is 0 Å². The summed E-state index contributed by atoms with van der Waals surface area (Å²) in [5.41, 5.74) is 1.81. The average Bonchev–Trinajstić information content (AvgIpc) is 2.90. The van der Waals surface area contributed by atoms with Crippen molar-refractivity contribution < 1.29 is 0 Å². The minimum absolute atomic E-state index is 0.257. The molecular formula is C15H23N3. The first kappa shape index (κ1) is 11.1. The van der Waals surface area contributed by atoms with Crippen LogP contribution >= 0.6 is 0 Å². The Morgan fingerprint density at radius 1 is 1.17 bits per heavy atom. The molecule has 3 nitrogen and oxygen atoms in total. The minimum atomic E-state index is 0.257. The molecule has 1 saturated carbocycles. The molecule has 1 aliphatic carbocycles. The van der Waals surface area contributed by atoms with Crippen LogP contribution in [0.2, 0.25) is 0 Å². The molecule has 0 amide bonds. The van der Waals surface area contributed by atoms with Crippen LogP contribution in [0.15, 0.2) is 18.3 Å². The van der Waals surface area contributed by atoms with E-state index in [4.69, 9.17) is 0 Å². The third kappa shape index (κ3) is 1.50. The van der Waals surface area contributed by atoms with Crippen molar-refractivity contribution in [1.82, 2.24) is 15.2 Å². The highest BCUT2D eigenvalue weighted by atomic mass is 15.2. The molecule has 2 unspecified atom stereocenters. The molecular weight excluding hydrogens is 222 g/mol. The van der Waals surface area contributed by atoms with Crippen molar-refractivity contribution in [3.05, 3.63) is 24.0 Å². The smallest absolute Gasteiger partial charge is 0.0615 e. The van der Waals surface area contributed by atoms with Crippen LogP contribution in [0.1, 0.15) is 50.3 Å². The quantitative estimate of drug-likeness (QED) is 0.733. The van der Waals surface area contributed by atoms with Crippen molar-refractivity contribution >= 4 is 0 Å². The summed E-state index contributed by atoms with van der Waals surface area (Å²) in [6.45, 7) is 2.30. The molecule has 2 N–H and O–H groups in total. The topological polar surface area (TPSA) is 29.0 Å². The van der Waals surface area contributed by atoms with Crippen molar-refractivity contribution in [2.24, 2.45) is 0 Å². The second kappa shape index (κ2) is 4.10. The second-order valence-corrected chi connectivity index (χ2v) is 6.24. The van der Waals surface area contributed by atoms with E-state index in [1.165, 1.54) is 38.5 Å². The molecule has 2 atom stereocenters. The molecule has 18 heavy (non-hydrogen) atoms. The summed E-state index contributed by atoms with van der Waals surface area (Å²) < 4.78 is 2.60. The number of hydrogen-bond acceptors (Lipinski definition) is 2. The maximum Gasteiger partial charge on any atom is 0.0615 e. The number of piperidine rings is 1. The zero-order valence-corrected chi connectivity index (χ0v) is 11.0. The van der Waals surface area contributed by atoms with Gasteiger partial charge in [0, 0.05) is 24.0 Å². The molecule has 3 heteroatoms. The third-order valence-corrected chi connectivity index (χ3v) is 5.27. The lowest BCUT2D eigenvalue weighted by Crippen LogP contribution is -2.60. The number of fused-ring (bicyclic) bond motifs is 4. The Hall–Kier alpha value is -0.800. The van der Waals surface area contributed by atoms with Crippen LogP contribution in [0.5, 0.6) is 0 Å². The summed E-state index contributed by atoms with van der Waals surface area (Å²) in [7, 11) is 0. The van der Waals surface area contributed by atoms with Crippen LogP contribution in [0, 0.1) is 0 Å². The molecule has 3 aliphatic rings. The summed E-state index contributed by atoms with van der Waals surface area (Å²) >= 11 is 0. The number of hydrogen-bond donors (Lipinski definition) is 2. The maximum absolute atomic E-state index is 4.05. The van der Waals surface area contributed by atoms with Gasteiger partial charge in [-0.1, -0.05) is 12.8 Å². The molecule has 3 heterocycles. The first-order chi connectivity index (χ1) is 8.89. The highest BCUT2D eigenvalue weighted by Crippen LogP contribution is 2.42. The van der Waals surface area contributed by atoms with Crippen LogP contribution in [0.3, 0.4) is 0 Å². The van der Waals surface area contributed by atoms with Gasteiger partial charge < -0.3 is 15.2 Å². The van der Waals surface area contributed by atoms with Crippen LogP contribution in [0.4, 0.5) is 0 Å². The zero-order chi connectivity index (χ0) is 12.0. The van der Waals surface area contributed by atoms with Crippen molar-refractivity contribution in [3.63, 3.8) is 0 Å². The molecule has 1 aromatic rings. The van der Waals surface area contributed by atoms with Gasteiger partial charge in [0.15, 0.2) is 0 Å². The van der Waals surface area contributed by atoms with Crippen LogP contribution in [0.25, 0.3) is 0 Å². The summed E-state index contributed by atoms with van der Waals surface area (Å²) in [6.07, 6.45) is 10.3. The van der Waals surface area contributed by atoms with E-state index in [0.717, 1.165) is 13.1 Å². The van der Waals surface area contributed by atoms with Gasteiger partial charge >= 0.3 is 0 Å². The number of rotatable bonds is 0. The first-order valence-corrected chi connectivity index (χ1v) is 7.55. The largest absolute Gasteiger partial charge is 0.345 e. The number of nitrogens with zero attached hydrogens (tertiary/aromatic N) is 1. The lowest BCUT2D eigenvalue weighted by molar-refractivity contribution is 0.114. The highest BCUT2D eigenvalue weighted by Gasteiger charge is 2.44. The molecule has 1 saturated heterocycles. The van der Waals surface area contributed by atoms with Gasteiger partial charge in [0.25, 0.3) is 0 Å². The van der Waals surface area contributed by atoms with Crippen LogP contribution in [-0.2, 0) is 5.54 Å². The number of nitrogens with one attached hydrogen (secondary N) is 2. The fourth-order valence-corrected chi connectivity index (χ4v) is 4.38. The van der Waals surface area contributed by atoms with Gasteiger partial charge in [0.1, 0.15) is 0 Å². The lowest BCUT2D eigenvalue weighted by Gasteiger charge is -2.50. The fraction of sp³-hybridized carbons (Fsp3) is 0.733. The summed E-state index contributed by atoms with van der Waals surface area (Å²) in [6, 6.07) is 6.02. The Bertz CT molecular complexity index is 431. The van der Waals surface area contributed by atoms with Crippen molar-refractivity contribution in [3.8, 4) is 0 Å². The molecule has 4 rings (SSSR count). The van der Waals surface area contributed by atoms with E-state index in [0.29, 0.717) is 12.1 Å². The molecule has 0 bridgehead atoms. The van der Waals surface area contributed by atoms with Crippen LogP contribution in [-0.4, -0.2) is 23.7 Å². The molecule has 1 aromatic heterocycles. The first-order valence-electron chi connectivity index (χ1n) is 7.55. The monoisotopic (exact) mass is 245 g/mol. The third-order valence-electron chi connectivity index (χ3n) is 5.27. The van der Waals surface area contributed by atoms with Gasteiger partial charge in [-0.05, 0) is 50.9 Å². The van der Waals surface area contributed by atoms with Gasteiger partial charge in [-0.15, -0.1) is 0 Å². The van der Waals surface area contributed by atoms with E-state index in [1.54, 1.807) is 5.69 Å². The molecule has 1 spiro atoms. The van der Waals surface area contributed by atoms with Gasteiger partial charge in [-0.25, -0.2) is 0 Å². The van der Waals surface area contributed by atoms with Crippen molar-refractivity contribution in [2.75, 3.05) is 13.1 Å². The Balaban J connectivity index is 1.77. The van der Waals surface area contributed by atoms with E-state index in [-0.39, 0.29) is 5.54 Å². The maximum atomic E-state index is 4.05. The molecule has 2 fully saturated rings. The van der Waals surface area contributed by atoms with E-state index in [2.05, 4.69) is 33.5 Å². The highest BCUT2D eigenvalue weighted by molar-refractivity contribution is 5.25. The van der Waals surface area contributed by atoms with Gasteiger partial charge in [0.05, 0.1) is 5.54 Å². The molecule has 2 aliphatic heterocycles. The molecule has 0 radical (unpaired) electrons. The Kier molecular flexibility index (Phi) is 2.52. The Labute approximate surface area is 109 Å². The Morgan fingerprint density at radius 3 is 2.89 bits per heavy atom. The average molecular weight is 245 g/mol. The Morgan fingerprint density at radius 2 is 2.00 bits per heavy atom. The van der Waals surface area contributed by atoms with Crippen LogP contribution < -0.4 is 10.6 Å². The van der Waals surface area contributed by atoms with E-state index in [9.17, 15) is 0 Å². The fourth-order valence-electron chi connectivity index (χ4n) is 4.38. The minimum Gasteiger partial charge on any atom is -0.345 e. The SMILES string of the molecule is c1cc2n(c1)C1CCCCC1NC21CCNCC1. The van der Waals surface area contributed by atoms with Gasteiger partial charge in [0.2, 0.25) is 0 Å². The van der Waals surface area contributed by atoms with E-state index in [1.807, 2.05) is 0 Å². The molecule has 0 aromatic carbocycles. The van der Waals surface area contributed by atoms with Crippen molar-refractivity contribution in [1.29, 1.82) is 0 Å². The normalized spacial score (nSPS) is 34.0. The predicted molar refractivity (Wildman–Crippen MR) is 72.6 cm³/mol. The van der Waals surface area contributed by atoms with Gasteiger partial charge in [-0.3, -0.25) is 0 Å². The summed E-state index contributed by atoms with van der Waals surface area (Å²) in [5.74, 6) is 0. The zero-order valence-electron chi connectivity index (χ0n) is 11.0. The molecule has 98 valence electrons. The second-order valence-electron chi connectivity index (χ2n) is 6.24. The van der Waals surface area contributed by atoms with Gasteiger partial charge in [-0.2, -0.15) is 0 Å². The lowest BCUT2D eigenvalue weighted by atomic mass is 9.78. The summed E-state index contributed by atoms with van der Waals surface area (Å²) in [4.78, 5) is 0. The predicted octanol–water partition coefficient (Wildman–Crippen LogP) is 2.15. The number of aromatic nitrogens is 1. The van der Waals surface area contributed by atoms with E-state index >= 15 is 0 Å². The standard InChI is InChI=1S/C15H23N3/c1-2-5-13-12(4-1)17-15(7-9-16-10-8-15)14-6-3-11-18(13)14/h3,6,11-13,16-17H,1-2,4-5,7-10H2.